The van der Waals surface area contributed by atoms with Crippen LogP contribution in [-0.2, 0) is 11.2 Å². The van der Waals surface area contributed by atoms with Gasteiger partial charge in [-0.15, -0.1) is 11.3 Å². The maximum Gasteiger partial charge on any atom is 0.270 e. The quantitative estimate of drug-likeness (QED) is 0.780. The highest BCUT2D eigenvalue weighted by Gasteiger charge is 2.15. The van der Waals surface area contributed by atoms with E-state index in [2.05, 4.69) is 15.5 Å². The van der Waals surface area contributed by atoms with E-state index in [1.54, 1.807) is 6.92 Å². The molecule has 0 spiro atoms. The zero-order chi connectivity index (χ0) is 15.4. The normalized spacial score (nSPS) is 10.6. The average Bonchev–Trinajstić information content (AvgIpc) is 3.15. The highest BCUT2D eigenvalue weighted by molar-refractivity contribution is 7.14. The lowest BCUT2D eigenvalue weighted by atomic mass is 10.1. The molecule has 0 fully saturated rings. The molecule has 1 aromatic carbocycles. The monoisotopic (exact) mass is 313 g/mol. The molecule has 2 heterocycles. The number of amides is 1. The molecule has 1 N–H and O–H groups in total. The fourth-order valence-electron chi connectivity index (χ4n) is 2.08. The number of carbonyl (C=O) groups is 1. The Hall–Kier alpha value is -2.47. The second kappa shape index (κ2) is 6.53. The van der Waals surface area contributed by atoms with E-state index in [4.69, 9.17) is 4.52 Å². The van der Waals surface area contributed by atoms with Crippen molar-refractivity contribution in [2.45, 2.75) is 19.8 Å². The van der Waals surface area contributed by atoms with Gasteiger partial charge in [0.25, 0.3) is 5.89 Å². The van der Waals surface area contributed by atoms with Gasteiger partial charge in [0, 0.05) is 6.42 Å². The van der Waals surface area contributed by atoms with Crippen LogP contribution in [0.15, 0.2) is 46.3 Å². The minimum Gasteiger partial charge on any atom is -0.333 e. The van der Waals surface area contributed by atoms with E-state index in [1.807, 2.05) is 41.8 Å². The molecule has 0 bridgehead atoms. The minimum atomic E-state index is -0.0280. The SMILES string of the molecule is Cc1noc(-c2sccc2NC(=O)CCc2ccccc2)n1. The number of hydrogen-bond donors (Lipinski definition) is 1. The second-order valence-corrected chi connectivity index (χ2v) is 5.76. The van der Waals surface area contributed by atoms with E-state index in [9.17, 15) is 4.79 Å². The van der Waals surface area contributed by atoms with Crippen molar-refractivity contribution in [2.75, 3.05) is 5.32 Å². The van der Waals surface area contributed by atoms with Gasteiger partial charge in [-0.3, -0.25) is 4.79 Å². The van der Waals surface area contributed by atoms with Crippen molar-refractivity contribution < 1.29 is 9.32 Å². The second-order valence-electron chi connectivity index (χ2n) is 4.84. The van der Waals surface area contributed by atoms with E-state index in [0.717, 1.165) is 10.4 Å². The van der Waals surface area contributed by atoms with Gasteiger partial charge >= 0.3 is 0 Å². The van der Waals surface area contributed by atoms with Crippen molar-refractivity contribution in [1.29, 1.82) is 0 Å². The first-order valence-electron chi connectivity index (χ1n) is 6.94. The molecule has 0 aliphatic heterocycles. The molecule has 0 radical (unpaired) electrons. The first-order chi connectivity index (χ1) is 10.7. The van der Waals surface area contributed by atoms with Gasteiger partial charge in [0.15, 0.2) is 5.82 Å². The van der Waals surface area contributed by atoms with Crippen LogP contribution in [0.25, 0.3) is 10.8 Å². The van der Waals surface area contributed by atoms with Crippen molar-refractivity contribution in [3.05, 3.63) is 53.2 Å². The Morgan fingerprint density at radius 2 is 2.09 bits per heavy atom. The maximum absolute atomic E-state index is 12.1. The summed E-state index contributed by atoms with van der Waals surface area (Å²) in [5.74, 6) is 0.982. The molecule has 0 saturated heterocycles. The van der Waals surface area contributed by atoms with Crippen LogP contribution in [0.1, 0.15) is 17.8 Å². The molecule has 22 heavy (non-hydrogen) atoms. The molecule has 0 unspecified atom stereocenters. The number of nitrogens with one attached hydrogen (secondary N) is 1. The van der Waals surface area contributed by atoms with E-state index >= 15 is 0 Å². The van der Waals surface area contributed by atoms with Crippen LogP contribution in [0.2, 0.25) is 0 Å². The van der Waals surface area contributed by atoms with Gasteiger partial charge in [0.1, 0.15) is 4.88 Å². The Morgan fingerprint density at radius 1 is 1.27 bits per heavy atom. The molecule has 1 amide bonds. The largest absolute Gasteiger partial charge is 0.333 e. The van der Waals surface area contributed by atoms with Crippen LogP contribution in [0.5, 0.6) is 0 Å². The molecule has 112 valence electrons. The predicted molar refractivity (Wildman–Crippen MR) is 85.7 cm³/mol. The Bertz CT molecular complexity index is 765. The number of benzene rings is 1. The summed E-state index contributed by atoms with van der Waals surface area (Å²) in [5, 5.41) is 8.58. The number of hydrogen-bond acceptors (Lipinski definition) is 5. The number of aromatic nitrogens is 2. The van der Waals surface area contributed by atoms with E-state index in [0.29, 0.717) is 30.2 Å². The van der Waals surface area contributed by atoms with Crippen molar-refractivity contribution in [3.8, 4) is 10.8 Å². The first-order valence-corrected chi connectivity index (χ1v) is 7.82. The molecule has 3 rings (SSSR count). The zero-order valence-corrected chi connectivity index (χ0v) is 12.9. The third-order valence-corrected chi connectivity index (χ3v) is 4.05. The third-order valence-electron chi connectivity index (χ3n) is 3.14. The van der Waals surface area contributed by atoms with Crippen molar-refractivity contribution in [3.63, 3.8) is 0 Å². The lowest BCUT2D eigenvalue weighted by Crippen LogP contribution is -2.12. The minimum absolute atomic E-state index is 0.0280. The van der Waals surface area contributed by atoms with Gasteiger partial charge < -0.3 is 9.84 Å². The number of carbonyl (C=O) groups excluding carboxylic acids is 1. The third kappa shape index (κ3) is 3.40. The molecule has 0 atom stereocenters. The van der Waals surface area contributed by atoms with E-state index in [-0.39, 0.29) is 5.91 Å². The summed E-state index contributed by atoms with van der Waals surface area (Å²) in [4.78, 5) is 17.1. The predicted octanol–water partition coefficient (Wildman–Crippen LogP) is 3.68. The molecule has 0 aliphatic carbocycles. The van der Waals surface area contributed by atoms with Gasteiger partial charge in [-0.05, 0) is 30.4 Å². The standard InChI is InChI=1S/C16H15N3O2S/c1-11-17-16(21-19-11)15-13(9-10-22-15)18-14(20)8-7-12-5-3-2-4-6-12/h2-6,9-10H,7-8H2,1H3,(H,18,20). The highest BCUT2D eigenvalue weighted by Crippen LogP contribution is 2.32. The van der Waals surface area contributed by atoms with Crippen LogP contribution < -0.4 is 5.32 Å². The van der Waals surface area contributed by atoms with E-state index in [1.165, 1.54) is 11.3 Å². The van der Waals surface area contributed by atoms with Crippen molar-refractivity contribution in [1.82, 2.24) is 10.1 Å². The van der Waals surface area contributed by atoms with Crippen LogP contribution in [0, 0.1) is 6.92 Å². The molecule has 0 aliphatic rings. The van der Waals surface area contributed by atoms with Crippen LogP contribution in [0.4, 0.5) is 5.69 Å². The number of rotatable bonds is 5. The fourth-order valence-corrected chi connectivity index (χ4v) is 2.85. The number of thiophene rings is 1. The van der Waals surface area contributed by atoms with Gasteiger partial charge in [0.2, 0.25) is 5.91 Å². The molecule has 5 nitrogen and oxygen atoms in total. The highest BCUT2D eigenvalue weighted by atomic mass is 32.1. The van der Waals surface area contributed by atoms with Gasteiger partial charge in [-0.2, -0.15) is 4.98 Å². The lowest BCUT2D eigenvalue weighted by Gasteiger charge is -2.05. The summed E-state index contributed by atoms with van der Waals surface area (Å²) in [6.45, 7) is 1.76. The maximum atomic E-state index is 12.1. The van der Waals surface area contributed by atoms with Gasteiger partial charge in [0.05, 0.1) is 5.69 Å². The summed E-state index contributed by atoms with van der Waals surface area (Å²) in [7, 11) is 0. The zero-order valence-electron chi connectivity index (χ0n) is 12.1. The first kappa shape index (κ1) is 14.5. The van der Waals surface area contributed by atoms with Gasteiger partial charge in [-0.1, -0.05) is 35.5 Å². The summed E-state index contributed by atoms with van der Waals surface area (Å²) in [6, 6.07) is 11.8. The van der Waals surface area contributed by atoms with Crippen LogP contribution in [-0.4, -0.2) is 16.0 Å². The number of aryl methyl sites for hydroxylation is 2. The van der Waals surface area contributed by atoms with Crippen LogP contribution in [0.3, 0.4) is 0 Å². The Balaban J connectivity index is 1.64. The van der Waals surface area contributed by atoms with Crippen LogP contribution >= 0.6 is 11.3 Å². The number of nitrogens with zero attached hydrogens (tertiary/aromatic N) is 2. The molecule has 6 heteroatoms. The Morgan fingerprint density at radius 3 is 2.82 bits per heavy atom. The number of anilines is 1. The summed E-state index contributed by atoms with van der Waals surface area (Å²) in [5.41, 5.74) is 1.86. The van der Waals surface area contributed by atoms with Gasteiger partial charge in [-0.25, -0.2) is 0 Å². The lowest BCUT2D eigenvalue weighted by molar-refractivity contribution is -0.116. The summed E-state index contributed by atoms with van der Waals surface area (Å²) < 4.78 is 5.16. The summed E-state index contributed by atoms with van der Waals surface area (Å²) >= 11 is 1.46. The summed E-state index contributed by atoms with van der Waals surface area (Å²) in [6.07, 6.45) is 1.15. The van der Waals surface area contributed by atoms with Crippen molar-refractivity contribution in [2.24, 2.45) is 0 Å². The van der Waals surface area contributed by atoms with Crippen molar-refractivity contribution >= 4 is 22.9 Å². The average molecular weight is 313 g/mol. The fraction of sp³-hybridized carbons (Fsp3) is 0.188. The molecule has 3 aromatic rings. The molecular weight excluding hydrogens is 298 g/mol. The topological polar surface area (TPSA) is 68.0 Å². The van der Waals surface area contributed by atoms with E-state index < -0.39 is 0 Å². The molecule has 0 saturated carbocycles. The smallest absolute Gasteiger partial charge is 0.270 e. The Labute approximate surface area is 132 Å². The Kier molecular flexibility index (Phi) is 4.29. The molecule has 2 aromatic heterocycles. The molecular formula is C16H15N3O2S.